The summed E-state index contributed by atoms with van der Waals surface area (Å²) in [7, 11) is 3.00. The van der Waals surface area contributed by atoms with Gasteiger partial charge in [-0.15, -0.1) is 0 Å². The number of rotatable bonds is 0. The zero-order chi connectivity index (χ0) is 14.5. The van der Waals surface area contributed by atoms with Crippen molar-refractivity contribution in [2.75, 3.05) is 21.3 Å². The lowest BCUT2D eigenvalue weighted by atomic mass is 10.0. The van der Waals surface area contributed by atoms with E-state index in [-0.39, 0.29) is 0 Å². The van der Waals surface area contributed by atoms with E-state index in [2.05, 4.69) is 0 Å². The molecule has 0 atom stereocenters. The summed E-state index contributed by atoms with van der Waals surface area (Å²) in [5.74, 6) is 0. The average Bonchev–Trinajstić information content (AvgIpc) is 2.46. The van der Waals surface area contributed by atoms with Crippen LogP contribution in [0, 0.1) is 0 Å². The highest BCUT2D eigenvalue weighted by Crippen LogP contribution is 2.15. The van der Waals surface area contributed by atoms with Gasteiger partial charge in [0.2, 0.25) is 0 Å². The molecule has 0 aromatic carbocycles. The standard InChI is InChI=1S/C12H24.3CH4O/c1-2-4-6-8-10-12-11-9-7-5-3-1;3*1-2/h1-12H2;3*2H,1H3. The summed E-state index contributed by atoms with van der Waals surface area (Å²) >= 11 is 0. The minimum Gasteiger partial charge on any atom is -0.400 e. The molecule has 18 heavy (non-hydrogen) atoms. The van der Waals surface area contributed by atoms with Crippen molar-refractivity contribution in [2.24, 2.45) is 0 Å². The summed E-state index contributed by atoms with van der Waals surface area (Å²) in [6, 6.07) is 0. The largest absolute Gasteiger partial charge is 0.400 e. The molecule has 0 bridgehead atoms. The highest BCUT2D eigenvalue weighted by Gasteiger charge is 1.96. The van der Waals surface area contributed by atoms with Gasteiger partial charge >= 0.3 is 0 Å². The van der Waals surface area contributed by atoms with Gasteiger partial charge in [0.1, 0.15) is 0 Å². The summed E-state index contributed by atoms with van der Waals surface area (Å²) in [5, 5.41) is 21.0. The van der Waals surface area contributed by atoms with Gasteiger partial charge in [-0.25, -0.2) is 0 Å². The van der Waals surface area contributed by atoms with Crippen molar-refractivity contribution >= 4 is 0 Å². The van der Waals surface area contributed by atoms with Crippen LogP contribution in [0.25, 0.3) is 0 Å². The third-order valence-electron chi connectivity index (χ3n) is 3.00. The molecule has 1 saturated carbocycles. The predicted molar refractivity (Wildman–Crippen MR) is 79.8 cm³/mol. The van der Waals surface area contributed by atoms with E-state index < -0.39 is 0 Å². The fourth-order valence-corrected chi connectivity index (χ4v) is 2.12. The Morgan fingerprint density at radius 3 is 0.389 bits per heavy atom. The molecule has 0 radical (unpaired) electrons. The van der Waals surface area contributed by atoms with Crippen LogP contribution in [0.3, 0.4) is 0 Å². The smallest absolute Gasteiger partial charge is 0.0319 e. The van der Waals surface area contributed by atoms with Gasteiger partial charge in [-0.05, 0) is 0 Å². The maximum absolute atomic E-state index is 7.00. The van der Waals surface area contributed by atoms with Crippen LogP contribution in [-0.2, 0) is 0 Å². The molecule has 0 spiro atoms. The SMILES string of the molecule is C1CCCCCCCCCCC1.CO.CO.CO. The summed E-state index contributed by atoms with van der Waals surface area (Å²) in [5.41, 5.74) is 0. The van der Waals surface area contributed by atoms with Crippen molar-refractivity contribution in [2.45, 2.75) is 77.0 Å². The molecule has 1 rings (SSSR count). The van der Waals surface area contributed by atoms with Crippen LogP contribution in [0.5, 0.6) is 0 Å². The minimum atomic E-state index is 1.00. The molecule has 0 unspecified atom stereocenters. The molecular weight excluding hydrogens is 228 g/mol. The van der Waals surface area contributed by atoms with Crippen LogP contribution >= 0.6 is 0 Å². The molecule has 0 amide bonds. The van der Waals surface area contributed by atoms with Gasteiger partial charge in [0.15, 0.2) is 0 Å². The zero-order valence-electron chi connectivity index (χ0n) is 12.8. The van der Waals surface area contributed by atoms with E-state index in [0.29, 0.717) is 0 Å². The Hall–Kier alpha value is -0.120. The molecule has 0 aliphatic heterocycles. The molecule has 3 N–H and O–H groups in total. The molecular formula is C15H36O3. The second-order valence-electron chi connectivity index (χ2n) is 4.24. The highest BCUT2D eigenvalue weighted by molar-refractivity contribution is 4.51. The molecule has 1 aliphatic rings. The number of hydrogen-bond acceptors (Lipinski definition) is 3. The second kappa shape index (κ2) is 30.2. The van der Waals surface area contributed by atoms with Gasteiger partial charge in [-0.2, -0.15) is 0 Å². The van der Waals surface area contributed by atoms with Gasteiger partial charge < -0.3 is 15.3 Å². The summed E-state index contributed by atoms with van der Waals surface area (Å²) in [4.78, 5) is 0. The molecule has 0 heterocycles. The van der Waals surface area contributed by atoms with Crippen molar-refractivity contribution in [3.63, 3.8) is 0 Å². The molecule has 114 valence electrons. The molecule has 1 aliphatic carbocycles. The molecule has 0 aromatic rings. The van der Waals surface area contributed by atoms with E-state index in [4.69, 9.17) is 15.3 Å². The Morgan fingerprint density at radius 1 is 0.278 bits per heavy atom. The first-order valence-electron chi connectivity index (χ1n) is 7.34. The predicted octanol–water partition coefficient (Wildman–Crippen LogP) is 3.51. The van der Waals surface area contributed by atoms with Crippen LogP contribution in [0.2, 0.25) is 0 Å². The number of hydrogen-bond donors (Lipinski definition) is 3. The average molecular weight is 264 g/mol. The summed E-state index contributed by atoms with van der Waals surface area (Å²) < 4.78 is 0. The zero-order valence-corrected chi connectivity index (χ0v) is 12.8. The van der Waals surface area contributed by atoms with Crippen LogP contribution in [0.1, 0.15) is 77.0 Å². The fraction of sp³-hybridized carbons (Fsp3) is 1.00. The molecule has 3 heteroatoms. The quantitative estimate of drug-likeness (QED) is 0.627. The highest BCUT2D eigenvalue weighted by atomic mass is 16.2. The van der Waals surface area contributed by atoms with Crippen molar-refractivity contribution in [3.05, 3.63) is 0 Å². The second-order valence-corrected chi connectivity index (χ2v) is 4.24. The van der Waals surface area contributed by atoms with E-state index in [9.17, 15) is 0 Å². The topological polar surface area (TPSA) is 60.7 Å². The Labute approximate surface area is 114 Å². The Morgan fingerprint density at radius 2 is 0.333 bits per heavy atom. The van der Waals surface area contributed by atoms with E-state index in [1.165, 1.54) is 77.0 Å². The lowest BCUT2D eigenvalue weighted by Crippen LogP contribution is -1.85. The van der Waals surface area contributed by atoms with E-state index in [1.54, 1.807) is 0 Å². The summed E-state index contributed by atoms with van der Waals surface area (Å²) in [6.45, 7) is 0. The van der Waals surface area contributed by atoms with Crippen LogP contribution in [0.15, 0.2) is 0 Å². The van der Waals surface area contributed by atoms with Gasteiger partial charge in [0.05, 0.1) is 0 Å². The fourth-order valence-electron chi connectivity index (χ4n) is 2.12. The van der Waals surface area contributed by atoms with E-state index in [1.807, 2.05) is 0 Å². The van der Waals surface area contributed by atoms with Gasteiger partial charge in [0, 0.05) is 21.3 Å². The van der Waals surface area contributed by atoms with Crippen molar-refractivity contribution in [3.8, 4) is 0 Å². The van der Waals surface area contributed by atoms with Crippen LogP contribution < -0.4 is 0 Å². The van der Waals surface area contributed by atoms with Crippen LogP contribution in [0.4, 0.5) is 0 Å². The first-order chi connectivity index (χ1) is 9.00. The minimum absolute atomic E-state index is 1.00. The van der Waals surface area contributed by atoms with Crippen LogP contribution in [-0.4, -0.2) is 36.6 Å². The van der Waals surface area contributed by atoms with Gasteiger partial charge in [-0.1, -0.05) is 77.0 Å². The van der Waals surface area contributed by atoms with E-state index in [0.717, 1.165) is 21.3 Å². The van der Waals surface area contributed by atoms with Gasteiger partial charge in [-0.3, -0.25) is 0 Å². The third kappa shape index (κ3) is 24.9. The maximum Gasteiger partial charge on any atom is 0.0319 e. The Balaban J connectivity index is -0.000000328. The summed E-state index contributed by atoms with van der Waals surface area (Å²) in [6.07, 6.45) is 18.0. The molecule has 3 nitrogen and oxygen atoms in total. The number of aliphatic hydroxyl groups is 3. The van der Waals surface area contributed by atoms with Crippen molar-refractivity contribution in [1.82, 2.24) is 0 Å². The first kappa shape index (κ1) is 23.0. The molecule has 0 saturated heterocycles. The molecule has 0 aromatic heterocycles. The Kier molecular flexibility index (Phi) is 38.6. The maximum atomic E-state index is 7.00. The Bertz CT molecular complexity index is 54.7. The third-order valence-corrected chi connectivity index (χ3v) is 3.00. The number of aliphatic hydroxyl groups excluding tert-OH is 3. The normalized spacial score (nSPS) is 17.0. The lowest BCUT2D eigenvalue weighted by Gasteiger charge is -2.05. The van der Waals surface area contributed by atoms with Gasteiger partial charge in [0.25, 0.3) is 0 Å². The first-order valence-corrected chi connectivity index (χ1v) is 7.34. The monoisotopic (exact) mass is 264 g/mol. The lowest BCUT2D eigenvalue weighted by molar-refractivity contribution is 0.399. The van der Waals surface area contributed by atoms with Crippen molar-refractivity contribution in [1.29, 1.82) is 0 Å². The molecule has 1 fully saturated rings. The van der Waals surface area contributed by atoms with E-state index >= 15 is 0 Å². The van der Waals surface area contributed by atoms with Crippen molar-refractivity contribution < 1.29 is 15.3 Å².